The van der Waals surface area contributed by atoms with Crippen LogP contribution >= 0.6 is 0 Å². The molecule has 154 valence electrons. The number of nitrogens with zero attached hydrogens (tertiary/aromatic N) is 2. The SMILES string of the molecule is C[CH+]S(=O)(=O)c1cccnc1[C@H]1[C@H](C(=O)OCC)CCN1C(=O)OC(C)(C)C. The zero-order valence-corrected chi connectivity index (χ0v) is 17.7. The van der Waals surface area contributed by atoms with Gasteiger partial charge in [0.05, 0.1) is 31.2 Å². The van der Waals surface area contributed by atoms with E-state index in [0.29, 0.717) is 6.42 Å². The highest BCUT2D eigenvalue weighted by Gasteiger charge is 2.47. The van der Waals surface area contributed by atoms with Gasteiger partial charge in [-0.15, -0.1) is 0 Å². The van der Waals surface area contributed by atoms with Gasteiger partial charge in [-0.1, -0.05) is 0 Å². The van der Waals surface area contributed by atoms with Crippen molar-refractivity contribution in [3.05, 3.63) is 29.8 Å². The number of ether oxygens (including phenoxy) is 2. The maximum absolute atomic E-state index is 12.8. The Morgan fingerprint density at radius 2 is 2.04 bits per heavy atom. The Kier molecular flexibility index (Phi) is 6.59. The molecule has 1 saturated heterocycles. The average Bonchev–Trinajstić information content (AvgIpc) is 3.05. The summed E-state index contributed by atoms with van der Waals surface area (Å²) in [5.74, 6) is -0.152. The number of sulfone groups is 1. The van der Waals surface area contributed by atoms with Crippen molar-refractivity contribution in [1.82, 2.24) is 9.88 Å². The maximum atomic E-state index is 12.8. The zero-order chi connectivity index (χ0) is 21.1. The van der Waals surface area contributed by atoms with Gasteiger partial charge in [0.2, 0.25) is 0 Å². The minimum atomic E-state index is -3.73. The van der Waals surface area contributed by atoms with Crippen molar-refractivity contribution < 1.29 is 27.5 Å². The van der Waals surface area contributed by atoms with Crippen LogP contribution in [0.5, 0.6) is 0 Å². The minimum absolute atomic E-state index is 0.0349. The van der Waals surface area contributed by atoms with E-state index < -0.39 is 39.5 Å². The third kappa shape index (κ3) is 4.76. The lowest BCUT2D eigenvalue weighted by Gasteiger charge is -2.30. The summed E-state index contributed by atoms with van der Waals surface area (Å²) in [5, 5.41) is 0. The Labute approximate surface area is 166 Å². The first-order valence-corrected chi connectivity index (χ1v) is 10.7. The molecule has 28 heavy (non-hydrogen) atoms. The molecule has 1 aromatic heterocycles. The molecule has 8 nitrogen and oxygen atoms in total. The fourth-order valence-corrected chi connectivity index (χ4v) is 4.13. The van der Waals surface area contributed by atoms with Crippen molar-refractivity contribution in [3.63, 3.8) is 0 Å². The van der Waals surface area contributed by atoms with E-state index in [1.54, 1.807) is 27.7 Å². The molecule has 1 aliphatic rings. The summed E-state index contributed by atoms with van der Waals surface area (Å²) in [4.78, 5) is 30.9. The van der Waals surface area contributed by atoms with Gasteiger partial charge in [0, 0.05) is 12.7 Å². The van der Waals surface area contributed by atoms with Gasteiger partial charge in [-0.3, -0.25) is 14.7 Å². The third-order valence-electron chi connectivity index (χ3n) is 4.31. The fraction of sp³-hybridized carbons (Fsp3) is 0.579. The van der Waals surface area contributed by atoms with Crippen LogP contribution in [0.1, 0.15) is 52.8 Å². The number of carbonyl (C=O) groups excluding carboxylic acids is 2. The second-order valence-electron chi connectivity index (χ2n) is 7.43. The molecular weight excluding hydrogens is 384 g/mol. The number of pyridine rings is 1. The van der Waals surface area contributed by atoms with E-state index in [1.165, 1.54) is 30.2 Å². The quantitative estimate of drug-likeness (QED) is 0.542. The van der Waals surface area contributed by atoms with Crippen LogP contribution in [0.3, 0.4) is 0 Å². The van der Waals surface area contributed by atoms with Crippen LogP contribution in [0.25, 0.3) is 0 Å². The number of hydrogen-bond acceptors (Lipinski definition) is 7. The first-order valence-electron chi connectivity index (χ1n) is 9.17. The van der Waals surface area contributed by atoms with Gasteiger partial charge < -0.3 is 9.47 Å². The van der Waals surface area contributed by atoms with Crippen molar-refractivity contribution in [2.75, 3.05) is 13.2 Å². The molecule has 0 aromatic carbocycles. The van der Waals surface area contributed by atoms with E-state index in [-0.39, 0.29) is 23.7 Å². The largest absolute Gasteiger partial charge is 0.466 e. The summed E-state index contributed by atoms with van der Waals surface area (Å²) in [7, 11) is -3.73. The Bertz CT molecular complexity index is 831. The van der Waals surface area contributed by atoms with Gasteiger partial charge in [0.25, 0.3) is 0 Å². The molecule has 0 spiro atoms. The summed E-state index contributed by atoms with van der Waals surface area (Å²) < 4.78 is 35.7. The lowest BCUT2D eigenvalue weighted by Crippen LogP contribution is -2.39. The summed E-state index contributed by atoms with van der Waals surface area (Å²) >= 11 is 0. The fourth-order valence-electron chi connectivity index (χ4n) is 3.14. The first kappa shape index (κ1) is 22.0. The van der Waals surface area contributed by atoms with Crippen LogP contribution in [0, 0.1) is 11.7 Å². The maximum Gasteiger partial charge on any atom is 0.410 e. The van der Waals surface area contributed by atoms with E-state index in [0.717, 1.165) is 5.75 Å². The molecule has 1 fully saturated rings. The van der Waals surface area contributed by atoms with Crippen molar-refractivity contribution in [2.45, 2.75) is 57.6 Å². The summed E-state index contributed by atoms with van der Waals surface area (Å²) in [6.45, 7) is 8.73. The van der Waals surface area contributed by atoms with Gasteiger partial charge in [0.15, 0.2) is 5.75 Å². The molecule has 2 heterocycles. The molecule has 9 heteroatoms. The Balaban J connectivity index is 2.55. The number of hydrogen-bond donors (Lipinski definition) is 0. The molecule has 1 aliphatic heterocycles. The number of aromatic nitrogens is 1. The van der Waals surface area contributed by atoms with Crippen LogP contribution < -0.4 is 0 Å². The zero-order valence-electron chi connectivity index (χ0n) is 16.8. The van der Waals surface area contributed by atoms with Gasteiger partial charge in [-0.2, -0.15) is 8.42 Å². The molecule has 0 radical (unpaired) electrons. The summed E-state index contributed by atoms with van der Waals surface area (Å²) in [6.07, 6.45) is 1.14. The summed E-state index contributed by atoms with van der Waals surface area (Å²) in [5.41, 5.74) is -0.595. The van der Waals surface area contributed by atoms with Gasteiger partial charge >= 0.3 is 21.9 Å². The third-order valence-corrected chi connectivity index (χ3v) is 5.89. The highest BCUT2D eigenvalue weighted by Crippen LogP contribution is 2.40. The predicted octanol–water partition coefficient (Wildman–Crippen LogP) is 2.90. The number of esters is 1. The van der Waals surface area contributed by atoms with E-state index in [4.69, 9.17) is 9.47 Å². The second-order valence-corrected chi connectivity index (χ2v) is 9.43. The Morgan fingerprint density at radius 3 is 2.61 bits per heavy atom. The van der Waals surface area contributed by atoms with Crippen LogP contribution in [-0.2, 0) is 24.1 Å². The molecule has 1 aromatic rings. The van der Waals surface area contributed by atoms with E-state index in [2.05, 4.69) is 4.98 Å². The van der Waals surface area contributed by atoms with Crippen LogP contribution in [0.4, 0.5) is 4.79 Å². The van der Waals surface area contributed by atoms with Gasteiger partial charge in [-0.05, 0) is 46.2 Å². The minimum Gasteiger partial charge on any atom is -0.466 e. The smallest absolute Gasteiger partial charge is 0.410 e. The highest BCUT2D eigenvalue weighted by atomic mass is 32.2. The van der Waals surface area contributed by atoms with Crippen molar-refractivity contribution in [1.29, 1.82) is 0 Å². The monoisotopic (exact) mass is 411 g/mol. The van der Waals surface area contributed by atoms with E-state index in [9.17, 15) is 18.0 Å². The van der Waals surface area contributed by atoms with Gasteiger partial charge in [0.1, 0.15) is 10.5 Å². The normalized spacial score (nSPS) is 20.0. The van der Waals surface area contributed by atoms with Crippen LogP contribution in [0.15, 0.2) is 23.2 Å². The van der Waals surface area contributed by atoms with E-state index >= 15 is 0 Å². The molecular formula is C19H27N2O6S+. The van der Waals surface area contributed by atoms with Gasteiger partial charge in [-0.25, -0.2) is 4.79 Å². The van der Waals surface area contributed by atoms with Crippen molar-refractivity contribution >= 4 is 21.9 Å². The van der Waals surface area contributed by atoms with Crippen molar-refractivity contribution in [2.24, 2.45) is 5.92 Å². The van der Waals surface area contributed by atoms with Crippen molar-refractivity contribution in [3.8, 4) is 0 Å². The Hall–Kier alpha value is -2.29. The standard InChI is InChI=1S/C19H27N2O6S/c1-6-26-17(22)13-10-12-21(18(23)27-19(3,4)5)16(13)15-14(9-8-11-20-15)28(24,25)7-2/h7-9,11,13,16H,6,10,12H2,1-5H3/q+1/t13-,16-/m1/s1. The molecule has 0 saturated carbocycles. The molecule has 0 aliphatic carbocycles. The topological polar surface area (TPSA) is 103 Å². The Morgan fingerprint density at radius 1 is 1.36 bits per heavy atom. The number of carbonyl (C=O) groups is 2. The molecule has 2 atom stereocenters. The number of likely N-dealkylation sites (tertiary alicyclic amines) is 1. The highest BCUT2D eigenvalue weighted by molar-refractivity contribution is 7.93. The summed E-state index contributed by atoms with van der Waals surface area (Å²) in [6, 6.07) is 2.04. The lowest BCUT2D eigenvalue weighted by molar-refractivity contribution is -0.148. The molecule has 0 bridgehead atoms. The van der Waals surface area contributed by atoms with Crippen LogP contribution in [-0.4, -0.2) is 49.1 Å². The molecule has 0 unspecified atom stereocenters. The van der Waals surface area contributed by atoms with Crippen LogP contribution in [0.2, 0.25) is 0 Å². The predicted molar refractivity (Wildman–Crippen MR) is 102 cm³/mol. The molecule has 1 amide bonds. The lowest BCUT2D eigenvalue weighted by atomic mass is 9.97. The number of amides is 1. The molecule has 0 N–H and O–H groups in total. The average molecular weight is 412 g/mol. The van der Waals surface area contributed by atoms with E-state index in [1.807, 2.05) is 0 Å². The second kappa shape index (κ2) is 8.38. The molecule has 2 rings (SSSR count). The number of rotatable bonds is 5. The first-order chi connectivity index (χ1) is 13.0.